The topological polar surface area (TPSA) is 78.6 Å². The van der Waals surface area contributed by atoms with Gasteiger partial charge in [0.05, 0.1) is 0 Å². The molecule has 0 unspecified atom stereocenters. The number of hydrogen-bond acceptors (Lipinski definition) is 4. The molecular formula is C16H23NO4. The maximum atomic E-state index is 11.7. The molecule has 0 heterocycles. The zero-order chi connectivity index (χ0) is 16.2. The molecule has 116 valence electrons. The molecule has 0 aliphatic rings. The summed E-state index contributed by atoms with van der Waals surface area (Å²) in [7, 11) is 0. The number of carbonyl (C=O) groups is 2. The number of carbonyl (C=O) groups excluding carboxylic acids is 2. The lowest BCUT2D eigenvalue weighted by molar-refractivity contribution is -0.159. The molecule has 2 atom stereocenters. The molecule has 2 N–H and O–H groups in total. The average Bonchev–Trinajstić information content (AvgIpc) is 2.37. The van der Waals surface area contributed by atoms with Gasteiger partial charge in [0.15, 0.2) is 12.2 Å². The summed E-state index contributed by atoms with van der Waals surface area (Å²) in [5.74, 6) is -0.745. The average molecular weight is 293 g/mol. The van der Waals surface area contributed by atoms with Crippen molar-refractivity contribution in [2.24, 2.45) is 5.73 Å². The van der Waals surface area contributed by atoms with Gasteiger partial charge in [-0.15, -0.1) is 0 Å². The zero-order valence-electron chi connectivity index (χ0n) is 13.2. The lowest BCUT2D eigenvalue weighted by Gasteiger charge is -2.20. The summed E-state index contributed by atoms with van der Waals surface area (Å²) in [4.78, 5) is 22.6. The van der Waals surface area contributed by atoms with Crippen LogP contribution in [-0.2, 0) is 19.7 Å². The second kappa shape index (κ2) is 6.61. The van der Waals surface area contributed by atoms with Crippen molar-refractivity contribution in [2.75, 3.05) is 0 Å². The van der Waals surface area contributed by atoms with Gasteiger partial charge >= 0.3 is 5.97 Å². The van der Waals surface area contributed by atoms with Gasteiger partial charge in [-0.1, -0.05) is 32.9 Å². The normalized spacial score (nSPS) is 14.1. The van der Waals surface area contributed by atoms with E-state index in [2.05, 4.69) is 20.8 Å². The number of rotatable bonds is 5. The van der Waals surface area contributed by atoms with Gasteiger partial charge in [-0.2, -0.15) is 0 Å². The highest BCUT2D eigenvalue weighted by Crippen LogP contribution is 2.24. The van der Waals surface area contributed by atoms with E-state index in [0.29, 0.717) is 5.75 Å². The summed E-state index contributed by atoms with van der Waals surface area (Å²) in [6.45, 7) is 9.34. The minimum Gasteiger partial charge on any atom is -0.479 e. The summed E-state index contributed by atoms with van der Waals surface area (Å²) >= 11 is 0. The SMILES string of the molecule is C[C@H](OC(=O)[C@H](C)Oc1ccc(C(C)(C)C)cc1)C(N)=O. The third kappa shape index (κ3) is 5.10. The van der Waals surface area contributed by atoms with Crippen molar-refractivity contribution < 1.29 is 19.1 Å². The molecule has 0 fully saturated rings. The highest BCUT2D eigenvalue weighted by atomic mass is 16.6. The monoisotopic (exact) mass is 293 g/mol. The van der Waals surface area contributed by atoms with Gasteiger partial charge in [-0.25, -0.2) is 4.79 Å². The smallest absolute Gasteiger partial charge is 0.347 e. The Morgan fingerprint density at radius 2 is 1.57 bits per heavy atom. The van der Waals surface area contributed by atoms with Gasteiger partial charge in [0, 0.05) is 0 Å². The van der Waals surface area contributed by atoms with Gasteiger partial charge in [-0.3, -0.25) is 4.79 Å². The maximum Gasteiger partial charge on any atom is 0.347 e. The molecule has 1 aromatic rings. The van der Waals surface area contributed by atoms with Crippen LogP contribution in [0, 0.1) is 0 Å². The van der Waals surface area contributed by atoms with E-state index in [1.54, 1.807) is 6.92 Å². The first-order valence-electron chi connectivity index (χ1n) is 6.88. The first-order valence-corrected chi connectivity index (χ1v) is 6.88. The fourth-order valence-corrected chi connectivity index (χ4v) is 1.61. The molecule has 0 aliphatic carbocycles. The number of amides is 1. The van der Waals surface area contributed by atoms with Crippen LogP contribution >= 0.6 is 0 Å². The van der Waals surface area contributed by atoms with Crippen LogP contribution < -0.4 is 10.5 Å². The Labute approximate surface area is 125 Å². The number of hydrogen-bond donors (Lipinski definition) is 1. The Hall–Kier alpha value is -2.04. The highest BCUT2D eigenvalue weighted by molar-refractivity contribution is 5.83. The summed E-state index contributed by atoms with van der Waals surface area (Å²) < 4.78 is 10.4. The highest BCUT2D eigenvalue weighted by Gasteiger charge is 2.22. The van der Waals surface area contributed by atoms with Crippen molar-refractivity contribution in [3.63, 3.8) is 0 Å². The molecule has 0 saturated heterocycles. The number of primary amides is 1. The zero-order valence-corrected chi connectivity index (χ0v) is 13.2. The van der Waals surface area contributed by atoms with Crippen LogP contribution in [0.3, 0.4) is 0 Å². The summed E-state index contributed by atoms with van der Waals surface area (Å²) in [6, 6.07) is 7.53. The second-order valence-corrected chi connectivity index (χ2v) is 6.02. The van der Waals surface area contributed by atoms with E-state index >= 15 is 0 Å². The van der Waals surface area contributed by atoms with Gasteiger partial charge in [0.25, 0.3) is 5.91 Å². The van der Waals surface area contributed by atoms with Crippen molar-refractivity contribution in [1.29, 1.82) is 0 Å². The largest absolute Gasteiger partial charge is 0.479 e. The number of benzene rings is 1. The fraction of sp³-hybridized carbons (Fsp3) is 0.500. The van der Waals surface area contributed by atoms with Crippen LogP contribution in [0.1, 0.15) is 40.2 Å². The van der Waals surface area contributed by atoms with Crippen LogP contribution in [0.5, 0.6) is 5.75 Å². The Kier molecular flexibility index (Phi) is 5.35. The molecule has 0 aromatic heterocycles. The molecule has 1 aromatic carbocycles. The molecule has 0 bridgehead atoms. The minimum absolute atomic E-state index is 0.0556. The van der Waals surface area contributed by atoms with Crippen molar-refractivity contribution >= 4 is 11.9 Å². The number of esters is 1. The fourth-order valence-electron chi connectivity index (χ4n) is 1.61. The van der Waals surface area contributed by atoms with Crippen LogP contribution in [0.2, 0.25) is 0 Å². The molecule has 0 radical (unpaired) electrons. The standard InChI is InChI=1S/C16H23NO4/c1-10(14(17)18)21-15(19)11(2)20-13-8-6-12(7-9-13)16(3,4)5/h6-11H,1-5H3,(H2,17,18)/t10-,11-/m0/s1. The van der Waals surface area contributed by atoms with Crippen molar-refractivity contribution in [3.8, 4) is 5.75 Å². The Morgan fingerprint density at radius 1 is 1.05 bits per heavy atom. The molecule has 1 amide bonds. The van der Waals surface area contributed by atoms with E-state index in [1.807, 2.05) is 24.3 Å². The van der Waals surface area contributed by atoms with Gasteiger partial charge in [0.2, 0.25) is 0 Å². The predicted octanol–water partition coefficient (Wildman–Crippen LogP) is 2.17. The number of ether oxygens (including phenoxy) is 2. The summed E-state index contributed by atoms with van der Waals surface area (Å²) in [6.07, 6.45) is -1.78. The van der Waals surface area contributed by atoms with Crippen LogP contribution in [-0.4, -0.2) is 24.1 Å². The van der Waals surface area contributed by atoms with Crippen molar-refractivity contribution in [2.45, 2.75) is 52.2 Å². The van der Waals surface area contributed by atoms with Gasteiger partial charge in [0.1, 0.15) is 5.75 Å². The van der Waals surface area contributed by atoms with Gasteiger partial charge < -0.3 is 15.2 Å². The quantitative estimate of drug-likeness (QED) is 0.844. The summed E-state index contributed by atoms with van der Waals surface area (Å²) in [5.41, 5.74) is 6.27. The van der Waals surface area contributed by atoms with E-state index < -0.39 is 24.1 Å². The van der Waals surface area contributed by atoms with Crippen molar-refractivity contribution in [3.05, 3.63) is 29.8 Å². The van der Waals surface area contributed by atoms with E-state index in [1.165, 1.54) is 12.5 Å². The Morgan fingerprint density at radius 3 is 2.00 bits per heavy atom. The predicted molar refractivity (Wildman–Crippen MR) is 80.0 cm³/mol. The van der Waals surface area contributed by atoms with E-state index in [4.69, 9.17) is 15.2 Å². The Bertz CT molecular complexity index is 502. The molecule has 5 heteroatoms. The molecule has 0 aliphatic heterocycles. The maximum absolute atomic E-state index is 11.7. The Balaban J connectivity index is 2.64. The van der Waals surface area contributed by atoms with Crippen molar-refractivity contribution in [1.82, 2.24) is 0 Å². The van der Waals surface area contributed by atoms with Crippen LogP contribution in [0.25, 0.3) is 0 Å². The molecule has 5 nitrogen and oxygen atoms in total. The third-order valence-corrected chi connectivity index (χ3v) is 3.06. The second-order valence-electron chi connectivity index (χ2n) is 6.02. The molecule has 0 spiro atoms. The summed E-state index contributed by atoms with van der Waals surface area (Å²) in [5, 5.41) is 0. The van der Waals surface area contributed by atoms with E-state index in [9.17, 15) is 9.59 Å². The molecule has 1 rings (SSSR count). The lowest BCUT2D eigenvalue weighted by atomic mass is 9.87. The van der Waals surface area contributed by atoms with E-state index in [0.717, 1.165) is 0 Å². The first kappa shape index (κ1) is 17.0. The van der Waals surface area contributed by atoms with Gasteiger partial charge in [-0.05, 0) is 37.0 Å². The lowest BCUT2D eigenvalue weighted by Crippen LogP contribution is -2.35. The van der Waals surface area contributed by atoms with Crippen LogP contribution in [0.15, 0.2) is 24.3 Å². The minimum atomic E-state index is -0.966. The van der Waals surface area contributed by atoms with Crippen LogP contribution in [0.4, 0.5) is 0 Å². The molecular weight excluding hydrogens is 270 g/mol. The van der Waals surface area contributed by atoms with E-state index in [-0.39, 0.29) is 5.41 Å². The third-order valence-electron chi connectivity index (χ3n) is 3.06. The first-order chi connectivity index (χ1) is 9.61. The molecule has 21 heavy (non-hydrogen) atoms. The number of nitrogens with two attached hydrogens (primary N) is 1. The molecule has 0 saturated carbocycles.